The van der Waals surface area contributed by atoms with E-state index in [1.807, 2.05) is 12.2 Å². The molecule has 30 heavy (non-hydrogen) atoms. The molecule has 9 heteroatoms. The average Bonchev–Trinajstić information content (AvgIpc) is 2.73. The first-order valence-electron chi connectivity index (χ1n) is 9.70. The molecule has 1 aliphatic rings. The molecule has 0 aliphatic heterocycles. The predicted octanol–water partition coefficient (Wildman–Crippen LogP) is -0.424. The molecule has 0 bridgehead atoms. The van der Waals surface area contributed by atoms with Crippen molar-refractivity contribution >= 4 is 23.6 Å². The van der Waals surface area contributed by atoms with E-state index >= 15 is 0 Å². The van der Waals surface area contributed by atoms with Crippen LogP contribution in [-0.2, 0) is 19.2 Å². The fourth-order valence-electron chi connectivity index (χ4n) is 2.63. The van der Waals surface area contributed by atoms with Crippen LogP contribution in [0.25, 0.3) is 0 Å². The molecule has 0 radical (unpaired) electrons. The van der Waals surface area contributed by atoms with Crippen LogP contribution in [0.1, 0.15) is 26.2 Å². The molecular weight excluding hydrogens is 386 g/mol. The summed E-state index contributed by atoms with van der Waals surface area (Å²) in [5.41, 5.74) is 5.34. The maximum absolute atomic E-state index is 12.4. The fraction of sp³-hybridized carbons (Fsp3) is 0.429. The van der Waals surface area contributed by atoms with Crippen LogP contribution in [-0.4, -0.2) is 54.8 Å². The molecule has 0 aromatic rings. The number of carbonyl (C=O) groups excluding carboxylic acids is 4. The van der Waals surface area contributed by atoms with Crippen molar-refractivity contribution in [1.82, 2.24) is 21.3 Å². The first-order valence-corrected chi connectivity index (χ1v) is 9.70. The standard InChI is InChI=1S/C21H31N5O4/c1-4-11-21(3,22)20(30)25-13-16(27)24-14-17(28)26-18(19(29)23-12-5-2)15-9-7-6-8-10-15/h4-5,7,9-10,18H,1-2,6,8,11-14,22H2,3H3,(H,23,29)(H,24,27)(H,25,30)(H,26,28)/t18?,21-/m1/s1. The summed E-state index contributed by atoms with van der Waals surface area (Å²) >= 11 is 0. The minimum absolute atomic E-state index is 0.252. The zero-order valence-corrected chi connectivity index (χ0v) is 17.3. The van der Waals surface area contributed by atoms with Crippen molar-refractivity contribution < 1.29 is 19.2 Å². The maximum atomic E-state index is 12.4. The summed E-state index contributed by atoms with van der Waals surface area (Å²) in [6.07, 6.45) is 10.6. The topological polar surface area (TPSA) is 142 Å². The van der Waals surface area contributed by atoms with Crippen LogP contribution in [0.4, 0.5) is 0 Å². The summed E-state index contributed by atoms with van der Waals surface area (Å²) in [4.78, 5) is 48.6. The number of carbonyl (C=O) groups is 4. The van der Waals surface area contributed by atoms with Gasteiger partial charge in [-0.25, -0.2) is 0 Å². The Kier molecular flexibility index (Phi) is 10.3. The summed E-state index contributed by atoms with van der Waals surface area (Å²) in [5.74, 6) is -1.97. The molecule has 0 spiro atoms. The molecule has 0 fully saturated rings. The third-order valence-electron chi connectivity index (χ3n) is 4.29. The van der Waals surface area contributed by atoms with Gasteiger partial charge in [-0.05, 0) is 31.8 Å². The van der Waals surface area contributed by atoms with Gasteiger partial charge in [0.25, 0.3) is 0 Å². The Morgan fingerprint density at radius 2 is 1.80 bits per heavy atom. The van der Waals surface area contributed by atoms with Crippen LogP contribution in [0.2, 0.25) is 0 Å². The monoisotopic (exact) mass is 417 g/mol. The summed E-state index contributed by atoms with van der Waals surface area (Å²) in [6.45, 7) is 8.21. The second-order valence-electron chi connectivity index (χ2n) is 7.09. The van der Waals surface area contributed by atoms with Crippen molar-refractivity contribution in [3.05, 3.63) is 49.1 Å². The Bertz CT molecular complexity index is 740. The zero-order chi connectivity index (χ0) is 22.6. The minimum atomic E-state index is -1.17. The molecule has 4 amide bonds. The van der Waals surface area contributed by atoms with E-state index < -0.39 is 29.3 Å². The van der Waals surface area contributed by atoms with Crippen LogP contribution in [0.5, 0.6) is 0 Å². The first kappa shape index (κ1) is 24.8. The van der Waals surface area contributed by atoms with E-state index in [0.717, 1.165) is 12.8 Å². The van der Waals surface area contributed by atoms with Crippen molar-refractivity contribution in [3.8, 4) is 0 Å². The van der Waals surface area contributed by atoms with Gasteiger partial charge in [0, 0.05) is 6.54 Å². The molecule has 1 aliphatic carbocycles. The molecule has 0 aromatic carbocycles. The van der Waals surface area contributed by atoms with Gasteiger partial charge >= 0.3 is 0 Å². The molecule has 0 aromatic heterocycles. The second-order valence-corrected chi connectivity index (χ2v) is 7.09. The number of allylic oxidation sites excluding steroid dienone is 2. The summed E-state index contributed by atoms with van der Waals surface area (Å²) in [5, 5.41) is 10.1. The van der Waals surface area contributed by atoms with Gasteiger partial charge in [0.2, 0.25) is 23.6 Å². The van der Waals surface area contributed by atoms with Gasteiger partial charge in [-0.2, -0.15) is 0 Å². The summed E-state index contributed by atoms with van der Waals surface area (Å²) in [7, 11) is 0. The molecular formula is C21H31N5O4. The number of nitrogens with one attached hydrogen (secondary N) is 4. The van der Waals surface area contributed by atoms with Gasteiger partial charge in [0.15, 0.2) is 0 Å². The Morgan fingerprint density at radius 3 is 2.40 bits per heavy atom. The molecule has 6 N–H and O–H groups in total. The van der Waals surface area contributed by atoms with Crippen LogP contribution < -0.4 is 27.0 Å². The van der Waals surface area contributed by atoms with Gasteiger partial charge in [-0.1, -0.05) is 30.4 Å². The average molecular weight is 418 g/mol. The predicted molar refractivity (Wildman–Crippen MR) is 115 cm³/mol. The number of hydrogen-bond acceptors (Lipinski definition) is 5. The molecule has 164 valence electrons. The Balaban J connectivity index is 2.55. The molecule has 0 heterocycles. The maximum Gasteiger partial charge on any atom is 0.247 e. The van der Waals surface area contributed by atoms with E-state index in [9.17, 15) is 19.2 Å². The molecule has 9 nitrogen and oxygen atoms in total. The molecule has 0 saturated heterocycles. The van der Waals surface area contributed by atoms with Gasteiger partial charge in [0.1, 0.15) is 6.04 Å². The van der Waals surface area contributed by atoms with Crippen LogP contribution in [0.15, 0.2) is 49.1 Å². The highest BCUT2D eigenvalue weighted by Crippen LogP contribution is 2.14. The van der Waals surface area contributed by atoms with Crippen molar-refractivity contribution in [2.45, 2.75) is 37.8 Å². The van der Waals surface area contributed by atoms with Crippen molar-refractivity contribution in [2.24, 2.45) is 5.73 Å². The van der Waals surface area contributed by atoms with Crippen LogP contribution >= 0.6 is 0 Å². The highest BCUT2D eigenvalue weighted by Gasteiger charge is 2.27. The Labute approximate surface area is 176 Å². The van der Waals surface area contributed by atoms with E-state index in [2.05, 4.69) is 34.4 Å². The third-order valence-corrected chi connectivity index (χ3v) is 4.29. The van der Waals surface area contributed by atoms with E-state index in [-0.39, 0.29) is 32.0 Å². The first-order chi connectivity index (χ1) is 14.2. The van der Waals surface area contributed by atoms with Gasteiger partial charge in [-0.3, -0.25) is 19.2 Å². The van der Waals surface area contributed by atoms with Crippen molar-refractivity contribution in [3.63, 3.8) is 0 Å². The molecule has 2 atom stereocenters. The Hall–Kier alpha value is -3.20. The SMILES string of the molecule is C=CCNC(=O)C(NC(=O)CNC(=O)CNC(=O)[C@](C)(N)CC=C)C1=CCCC=C1. The Morgan fingerprint density at radius 1 is 1.10 bits per heavy atom. The molecule has 1 rings (SSSR count). The lowest BCUT2D eigenvalue weighted by Crippen LogP contribution is -2.54. The summed E-state index contributed by atoms with van der Waals surface area (Å²) in [6, 6.07) is -0.873. The lowest BCUT2D eigenvalue weighted by molar-refractivity contribution is -0.130. The number of hydrogen-bond donors (Lipinski definition) is 5. The smallest absolute Gasteiger partial charge is 0.247 e. The normalized spacial score (nSPS) is 15.6. The van der Waals surface area contributed by atoms with Gasteiger partial charge in [-0.15, -0.1) is 13.2 Å². The fourth-order valence-corrected chi connectivity index (χ4v) is 2.63. The van der Waals surface area contributed by atoms with E-state index in [1.165, 1.54) is 19.1 Å². The second kappa shape index (κ2) is 12.4. The van der Waals surface area contributed by atoms with Gasteiger partial charge in [0.05, 0.1) is 18.6 Å². The third kappa shape index (κ3) is 8.44. The van der Waals surface area contributed by atoms with Crippen LogP contribution in [0, 0.1) is 0 Å². The highest BCUT2D eigenvalue weighted by molar-refractivity contribution is 5.94. The number of amides is 4. The van der Waals surface area contributed by atoms with E-state index in [0.29, 0.717) is 5.57 Å². The van der Waals surface area contributed by atoms with Crippen LogP contribution in [0.3, 0.4) is 0 Å². The molecule has 0 saturated carbocycles. The lowest BCUT2D eigenvalue weighted by atomic mass is 9.98. The summed E-state index contributed by atoms with van der Waals surface area (Å²) < 4.78 is 0. The van der Waals surface area contributed by atoms with Crippen molar-refractivity contribution in [2.75, 3.05) is 19.6 Å². The minimum Gasteiger partial charge on any atom is -0.351 e. The van der Waals surface area contributed by atoms with E-state index in [1.54, 1.807) is 6.08 Å². The van der Waals surface area contributed by atoms with Crippen molar-refractivity contribution in [1.29, 1.82) is 0 Å². The number of rotatable bonds is 12. The molecule has 1 unspecified atom stereocenters. The largest absolute Gasteiger partial charge is 0.351 e. The zero-order valence-electron chi connectivity index (χ0n) is 17.3. The number of nitrogens with two attached hydrogens (primary N) is 1. The van der Waals surface area contributed by atoms with E-state index in [4.69, 9.17) is 5.73 Å². The highest BCUT2D eigenvalue weighted by atomic mass is 16.2. The quantitative estimate of drug-likeness (QED) is 0.274. The van der Waals surface area contributed by atoms with Gasteiger partial charge < -0.3 is 27.0 Å². The lowest BCUT2D eigenvalue weighted by Gasteiger charge is -2.22.